The lowest BCUT2D eigenvalue weighted by Crippen LogP contribution is -2.43. The van der Waals surface area contributed by atoms with Crippen molar-refractivity contribution in [1.29, 1.82) is 0 Å². The maximum absolute atomic E-state index is 11.8. The van der Waals surface area contributed by atoms with Crippen LogP contribution < -0.4 is 10.6 Å². The van der Waals surface area contributed by atoms with Gasteiger partial charge < -0.3 is 19.8 Å². The summed E-state index contributed by atoms with van der Waals surface area (Å²) >= 11 is 0. The number of hydrogen-bond acceptors (Lipinski definition) is 4. The van der Waals surface area contributed by atoms with Gasteiger partial charge in [-0.3, -0.25) is 0 Å². The maximum atomic E-state index is 11.8. The second-order valence-corrected chi connectivity index (χ2v) is 13.6. The second kappa shape index (κ2) is 6.89. The minimum absolute atomic E-state index is 0.114. The van der Waals surface area contributed by atoms with Crippen LogP contribution in [0.5, 0.6) is 0 Å². The molecule has 0 aromatic rings. The van der Waals surface area contributed by atoms with Gasteiger partial charge in [0, 0.05) is 25.2 Å². The summed E-state index contributed by atoms with van der Waals surface area (Å²) in [6, 6.07) is 0.414. The zero-order valence-corrected chi connectivity index (χ0v) is 16.5. The van der Waals surface area contributed by atoms with Crippen LogP contribution in [0.1, 0.15) is 48.0 Å². The second-order valence-electron chi connectivity index (χ2n) is 8.76. The van der Waals surface area contributed by atoms with Gasteiger partial charge in [-0.25, -0.2) is 4.79 Å². The number of alkyl carbamates (subject to hydrolysis) is 1. The molecular weight excluding hydrogens is 296 g/mol. The summed E-state index contributed by atoms with van der Waals surface area (Å²) in [6.45, 7) is 18.3. The molecule has 2 N–H and O–H groups in total. The van der Waals surface area contributed by atoms with Gasteiger partial charge in [-0.1, -0.05) is 20.8 Å². The molecule has 1 rings (SSSR count). The van der Waals surface area contributed by atoms with Crippen LogP contribution in [0.25, 0.3) is 0 Å². The SMILES string of the molecule is CC(C)(C)OC(=O)N[C@@H]1CN[C@H](CO[Si](C)(C)C(C)(C)C)C1. The summed E-state index contributed by atoms with van der Waals surface area (Å²) in [7, 11) is -1.71. The van der Waals surface area contributed by atoms with Crippen molar-refractivity contribution < 1.29 is 14.0 Å². The van der Waals surface area contributed by atoms with E-state index < -0.39 is 13.9 Å². The Balaban J connectivity index is 2.36. The van der Waals surface area contributed by atoms with Crippen LogP contribution in [0.4, 0.5) is 4.79 Å². The van der Waals surface area contributed by atoms with Gasteiger partial charge in [0.25, 0.3) is 0 Å². The molecule has 1 aliphatic rings. The third kappa shape index (κ3) is 6.26. The lowest BCUT2D eigenvalue weighted by Gasteiger charge is -2.37. The summed E-state index contributed by atoms with van der Waals surface area (Å²) in [5.41, 5.74) is -0.457. The van der Waals surface area contributed by atoms with Crippen LogP contribution in [0.2, 0.25) is 18.1 Å². The van der Waals surface area contributed by atoms with E-state index in [0.717, 1.165) is 13.0 Å². The molecule has 6 heteroatoms. The fourth-order valence-electron chi connectivity index (χ4n) is 2.06. The van der Waals surface area contributed by atoms with Crippen LogP contribution in [0, 0.1) is 0 Å². The molecule has 1 saturated heterocycles. The Morgan fingerprint density at radius 2 is 1.82 bits per heavy atom. The molecule has 1 amide bonds. The number of nitrogens with one attached hydrogen (secondary N) is 2. The maximum Gasteiger partial charge on any atom is 0.407 e. The smallest absolute Gasteiger partial charge is 0.407 e. The highest BCUT2D eigenvalue weighted by atomic mass is 28.4. The predicted octanol–water partition coefficient (Wildman–Crippen LogP) is 3.26. The summed E-state index contributed by atoms with van der Waals surface area (Å²) in [5.74, 6) is 0. The molecule has 0 aromatic heterocycles. The summed E-state index contributed by atoms with van der Waals surface area (Å²) in [6.07, 6.45) is 0.540. The highest BCUT2D eigenvalue weighted by Gasteiger charge is 2.38. The van der Waals surface area contributed by atoms with Crippen LogP contribution >= 0.6 is 0 Å². The van der Waals surface area contributed by atoms with Crippen molar-refractivity contribution in [3.8, 4) is 0 Å². The van der Waals surface area contributed by atoms with Crippen molar-refractivity contribution in [1.82, 2.24) is 10.6 Å². The molecule has 0 aromatic carbocycles. The Hall–Kier alpha value is -0.593. The molecular formula is C16H34N2O3Si. The average molecular weight is 331 g/mol. The van der Waals surface area contributed by atoms with E-state index in [2.05, 4.69) is 44.5 Å². The van der Waals surface area contributed by atoms with Crippen molar-refractivity contribution in [2.24, 2.45) is 0 Å². The van der Waals surface area contributed by atoms with E-state index in [0.29, 0.717) is 12.6 Å². The Morgan fingerprint density at radius 1 is 1.23 bits per heavy atom. The molecule has 2 atom stereocenters. The number of ether oxygens (including phenoxy) is 1. The molecule has 0 saturated carbocycles. The first-order chi connectivity index (χ1) is 9.80. The Morgan fingerprint density at radius 3 is 2.32 bits per heavy atom. The highest BCUT2D eigenvalue weighted by molar-refractivity contribution is 6.74. The van der Waals surface area contributed by atoms with Gasteiger partial charge in [-0.05, 0) is 45.3 Å². The lowest BCUT2D eigenvalue weighted by molar-refractivity contribution is 0.0507. The van der Waals surface area contributed by atoms with Crippen molar-refractivity contribution in [2.75, 3.05) is 13.2 Å². The van der Waals surface area contributed by atoms with Gasteiger partial charge >= 0.3 is 6.09 Å². The van der Waals surface area contributed by atoms with Crippen molar-refractivity contribution >= 4 is 14.4 Å². The fraction of sp³-hybridized carbons (Fsp3) is 0.938. The van der Waals surface area contributed by atoms with Crippen molar-refractivity contribution in [3.05, 3.63) is 0 Å². The Labute approximate surface area is 136 Å². The molecule has 0 bridgehead atoms. The molecule has 1 heterocycles. The fourth-order valence-corrected chi connectivity index (χ4v) is 3.11. The van der Waals surface area contributed by atoms with Crippen LogP contribution in [-0.2, 0) is 9.16 Å². The predicted molar refractivity (Wildman–Crippen MR) is 92.7 cm³/mol. The monoisotopic (exact) mass is 330 g/mol. The van der Waals surface area contributed by atoms with Crippen LogP contribution in [0.15, 0.2) is 0 Å². The quantitative estimate of drug-likeness (QED) is 0.777. The molecule has 130 valence electrons. The molecule has 1 aliphatic heterocycles. The average Bonchev–Trinajstić information content (AvgIpc) is 2.69. The zero-order chi connectivity index (χ0) is 17.2. The molecule has 1 fully saturated rings. The number of hydrogen-bond donors (Lipinski definition) is 2. The standard InChI is InChI=1S/C16H34N2O3Si/c1-15(2,3)21-14(19)18-12-9-13(17-10-12)11-20-22(7,8)16(4,5)6/h12-13,17H,9-11H2,1-8H3,(H,18,19)/t12-,13-/m0/s1. The van der Waals surface area contributed by atoms with Crippen LogP contribution in [-0.4, -0.2) is 45.2 Å². The topological polar surface area (TPSA) is 59.6 Å². The van der Waals surface area contributed by atoms with Crippen molar-refractivity contribution in [2.45, 2.75) is 83.8 Å². The van der Waals surface area contributed by atoms with Crippen molar-refractivity contribution in [3.63, 3.8) is 0 Å². The molecule has 22 heavy (non-hydrogen) atoms. The number of amides is 1. The minimum Gasteiger partial charge on any atom is -0.444 e. The van der Waals surface area contributed by atoms with Crippen LogP contribution in [0.3, 0.4) is 0 Å². The van der Waals surface area contributed by atoms with E-state index >= 15 is 0 Å². The van der Waals surface area contributed by atoms with E-state index in [-0.39, 0.29) is 17.2 Å². The van der Waals surface area contributed by atoms with E-state index in [1.165, 1.54) is 0 Å². The van der Waals surface area contributed by atoms with Gasteiger partial charge in [0.2, 0.25) is 0 Å². The molecule has 0 radical (unpaired) electrons. The third-order valence-corrected chi connectivity index (χ3v) is 8.90. The Kier molecular flexibility index (Phi) is 6.09. The molecule has 0 spiro atoms. The number of carbonyl (C=O) groups excluding carboxylic acids is 1. The number of carbonyl (C=O) groups is 1. The van der Waals surface area contributed by atoms with Gasteiger partial charge in [0.1, 0.15) is 5.60 Å². The molecule has 0 unspecified atom stereocenters. The summed E-state index contributed by atoms with van der Waals surface area (Å²) < 4.78 is 11.5. The van der Waals surface area contributed by atoms with E-state index in [9.17, 15) is 4.79 Å². The first kappa shape index (κ1) is 19.5. The van der Waals surface area contributed by atoms with Gasteiger partial charge in [-0.2, -0.15) is 0 Å². The third-order valence-electron chi connectivity index (χ3n) is 4.39. The molecule has 5 nitrogen and oxygen atoms in total. The van der Waals surface area contributed by atoms with Gasteiger partial charge in [-0.15, -0.1) is 0 Å². The normalized spacial score (nSPS) is 23.5. The van der Waals surface area contributed by atoms with Gasteiger partial charge in [0.05, 0.1) is 0 Å². The molecule has 0 aliphatic carbocycles. The van der Waals surface area contributed by atoms with Gasteiger partial charge in [0.15, 0.2) is 8.32 Å². The highest BCUT2D eigenvalue weighted by Crippen LogP contribution is 2.36. The Bertz CT molecular complexity index is 386. The number of rotatable bonds is 4. The largest absolute Gasteiger partial charge is 0.444 e. The first-order valence-corrected chi connectivity index (χ1v) is 11.1. The minimum atomic E-state index is -1.71. The summed E-state index contributed by atoms with van der Waals surface area (Å²) in [4.78, 5) is 11.8. The summed E-state index contributed by atoms with van der Waals surface area (Å²) in [5, 5.41) is 6.57. The van der Waals surface area contributed by atoms with E-state index in [1.54, 1.807) is 0 Å². The van der Waals surface area contributed by atoms with E-state index in [1.807, 2.05) is 20.8 Å². The first-order valence-electron chi connectivity index (χ1n) is 8.17. The zero-order valence-electron chi connectivity index (χ0n) is 15.5. The van der Waals surface area contributed by atoms with E-state index in [4.69, 9.17) is 9.16 Å². The lowest BCUT2D eigenvalue weighted by atomic mass is 10.2.